The zero-order valence-electron chi connectivity index (χ0n) is 13.7. The molecule has 22 heavy (non-hydrogen) atoms. The molecule has 1 aliphatic carbocycles. The van der Waals surface area contributed by atoms with E-state index in [0.717, 1.165) is 0 Å². The van der Waals surface area contributed by atoms with E-state index in [-0.39, 0.29) is 0 Å². The van der Waals surface area contributed by atoms with Crippen molar-refractivity contribution in [3.8, 4) is 0 Å². The fourth-order valence-corrected chi connectivity index (χ4v) is 5.83. The van der Waals surface area contributed by atoms with Gasteiger partial charge in [-0.25, -0.2) is 0 Å². The van der Waals surface area contributed by atoms with Gasteiger partial charge in [0.2, 0.25) is 0 Å². The molecule has 0 aromatic heterocycles. The molecule has 1 fully saturated rings. The number of rotatable bonds is 3. The van der Waals surface area contributed by atoms with E-state index in [4.69, 9.17) is 0 Å². The summed E-state index contributed by atoms with van der Waals surface area (Å²) < 4.78 is 0.365. The van der Waals surface area contributed by atoms with Crippen LogP contribution in [0.2, 0.25) is 0 Å². The number of nitrogens with zero attached hydrogens (tertiary/aromatic N) is 1. The first kappa shape index (κ1) is 14.8. The van der Waals surface area contributed by atoms with E-state index >= 15 is 0 Å². The van der Waals surface area contributed by atoms with E-state index in [0.29, 0.717) is 4.75 Å². The minimum atomic E-state index is 0.365. The highest BCUT2D eigenvalue weighted by Gasteiger charge is 2.38. The Morgan fingerprint density at radius 1 is 1.14 bits per heavy atom. The second-order valence-corrected chi connectivity index (χ2v) is 8.87. The molecule has 118 valence electrons. The summed E-state index contributed by atoms with van der Waals surface area (Å²) in [5.41, 5.74) is 6.57. The van der Waals surface area contributed by atoms with Crippen LogP contribution in [0.5, 0.6) is 0 Å². The lowest BCUT2D eigenvalue weighted by Gasteiger charge is -2.38. The summed E-state index contributed by atoms with van der Waals surface area (Å²) in [6.07, 6.45) is 8.05. The third-order valence-electron chi connectivity index (χ3n) is 5.84. The Labute approximate surface area is 139 Å². The van der Waals surface area contributed by atoms with E-state index in [2.05, 4.69) is 47.9 Å². The summed E-state index contributed by atoms with van der Waals surface area (Å²) in [5.74, 6) is 1.30. The first-order valence-corrected chi connectivity index (χ1v) is 9.92. The van der Waals surface area contributed by atoms with Crippen LogP contribution in [0.4, 0.5) is 0 Å². The van der Waals surface area contributed by atoms with Crippen molar-refractivity contribution in [3.05, 3.63) is 41.0 Å². The molecule has 0 radical (unpaired) electrons. The van der Waals surface area contributed by atoms with Crippen molar-refractivity contribution < 1.29 is 0 Å². The lowest BCUT2D eigenvalue weighted by Crippen LogP contribution is -2.36. The number of thioether (sulfide) groups is 1. The number of allylic oxidation sites excluding steroid dienone is 1. The van der Waals surface area contributed by atoms with Crippen LogP contribution < -0.4 is 0 Å². The van der Waals surface area contributed by atoms with Gasteiger partial charge in [0, 0.05) is 4.75 Å². The molecule has 0 amide bonds. The molecular formula is C20H27NS. The average Bonchev–Trinajstić information content (AvgIpc) is 2.95. The molecule has 2 heteroatoms. The van der Waals surface area contributed by atoms with E-state index in [1.165, 1.54) is 63.9 Å². The summed E-state index contributed by atoms with van der Waals surface area (Å²) in [7, 11) is 0. The van der Waals surface area contributed by atoms with Gasteiger partial charge in [-0.1, -0.05) is 30.7 Å². The van der Waals surface area contributed by atoms with Crippen LogP contribution in [0.15, 0.2) is 29.8 Å². The zero-order chi connectivity index (χ0) is 15.0. The second kappa shape index (κ2) is 6.05. The van der Waals surface area contributed by atoms with Crippen molar-refractivity contribution in [2.45, 2.75) is 50.2 Å². The Morgan fingerprint density at radius 2 is 1.95 bits per heavy atom. The van der Waals surface area contributed by atoms with Crippen LogP contribution in [-0.2, 0) is 6.42 Å². The summed E-state index contributed by atoms with van der Waals surface area (Å²) >= 11 is 2.22. The second-order valence-electron chi connectivity index (χ2n) is 7.27. The molecule has 0 saturated carbocycles. The normalized spacial score (nSPS) is 28.6. The van der Waals surface area contributed by atoms with Gasteiger partial charge in [0.1, 0.15) is 0 Å². The largest absolute Gasteiger partial charge is 0.303 e. The van der Waals surface area contributed by atoms with Gasteiger partial charge >= 0.3 is 0 Å². The molecule has 1 unspecified atom stereocenters. The van der Waals surface area contributed by atoms with Crippen LogP contribution in [-0.4, -0.2) is 35.0 Å². The van der Waals surface area contributed by atoms with Crippen LogP contribution in [0, 0.1) is 0 Å². The fraction of sp³-hybridized carbons (Fsp3) is 0.600. The molecule has 0 bridgehead atoms. The van der Waals surface area contributed by atoms with E-state index in [1.54, 1.807) is 22.3 Å². The average molecular weight is 314 g/mol. The lowest BCUT2D eigenvalue weighted by atomic mass is 9.90. The minimum absolute atomic E-state index is 0.365. The van der Waals surface area contributed by atoms with Crippen molar-refractivity contribution >= 4 is 17.3 Å². The number of hydrogen-bond donors (Lipinski definition) is 0. The maximum absolute atomic E-state index is 2.70. The van der Waals surface area contributed by atoms with Crippen molar-refractivity contribution in [2.75, 3.05) is 25.4 Å². The van der Waals surface area contributed by atoms with E-state index in [1.807, 2.05) is 0 Å². The molecular weight excluding hydrogens is 286 g/mol. The molecule has 2 aliphatic heterocycles. The standard InChI is InChI=1S/C20H27NS/c1-20(10-13-21-11-5-2-6-12-21)19-15-16-7-3-4-8-17(16)18(19)9-14-22-20/h3-4,7-8H,2,5-6,9-15H2,1H3. The lowest BCUT2D eigenvalue weighted by molar-refractivity contribution is 0.222. The quantitative estimate of drug-likeness (QED) is 0.791. The summed E-state index contributed by atoms with van der Waals surface area (Å²) in [6.45, 7) is 6.46. The highest BCUT2D eigenvalue weighted by atomic mass is 32.2. The van der Waals surface area contributed by atoms with Gasteiger partial charge in [0.25, 0.3) is 0 Å². The monoisotopic (exact) mass is 313 g/mol. The first-order chi connectivity index (χ1) is 10.8. The Bertz CT molecular complexity index is 585. The molecule has 0 N–H and O–H groups in total. The van der Waals surface area contributed by atoms with Gasteiger partial charge in [-0.15, -0.1) is 0 Å². The Hall–Kier alpha value is -0.730. The molecule has 1 aromatic rings. The maximum Gasteiger partial charge on any atom is 0.0361 e. The third-order valence-corrected chi connectivity index (χ3v) is 7.33. The molecule has 1 aromatic carbocycles. The summed E-state index contributed by atoms with van der Waals surface area (Å²) in [5, 5.41) is 0. The van der Waals surface area contributed by atoms with Crippen LogP contribution in [0.1, 0.15) is 50.2 Å². The number of benzene rings is 1. The zero-order valence-corrected chi connectivity index (χ0v) is 14.6. The number of hydrogen-bond acceptors (Lipinski definition) is 2. The molecule has 0 spiro atoms. The van der Waals surface area contributed by atoms with Crippen molar-refractivity contribution in [1.29, 1.82) is 0 Å². The third kappa shape index (κ3) is 2.65. The Kier molecular flexibility index (Phi) is 4.08. The minimum Gasteiger partial charge on any atom is -0.303 e. The molecule has 2 heterocycles. The molecule has 4 rings (SSSR count). The van der Waals surface area contributed by atoms with Crippen molar-refractivity contribution in [3.63, 3.8) is 0 Å². The highest BCUT2D eigenvalue weighted by molar-refractivity contribution is 8.00. The topological polar surface area (TPSA) is 3.24 Å². The number of likely N-dealkylation sites (tertiary alicyclic amines) is 1. The van der Waals surface area contributed by atoms with Gasteiger partial charge in [-0.2, -0.15) is 11.8 Å². The number of piperidine rings is 1. The number of fused-ring (bicyclic) bond motifs is 2. The smallest absolute Gasteiger partial charge is 0.0361 e. The van der Waals surface area contributed by atoms with Crippen LogP contribution in [0.25, 0.3) is 5.57 Å². The molecule has 3 aliphatic rings. The Morgan fingerprint density at radius 3 is 2.82 bits per heavy atom. The highest BCUT2D eigenvalue weighted by Crippen LogP contribution is 2.51. The van der Waals surface area contributed by atoms with Crippen LogP contribution >= 0.6 is 11.8 Å². The first-order valence-electron chi connectivity index (χ1n) is 8.93. The molecule has 1 atom stereocenters. The van der Waals surface area contributed by atoms with Gasteiger partial charge in [0.05, 0.1) is 0 Å². The van der Waals surface area contributed by atoms with Gasteiger partial charge in [-0.05, 0) is 86.7 Å². The molecule has 1 nitrogen and oxygen atoms in total. The van der Waals surface area contributed by atoms with Crippen LogP contribution in [0.3, 0.4) is 0 Å². The predicted octanol–water partition coefficient (Wildman–Crippen LogP) is 4.77. The summed E-state index contributed by atoms with van der Waals surface area (Å²) in [4.78, 5) is 2.70. The predicted molar refractivity (Wildman–Crippen MR) is 97.5 cm³/mol. The summed E-state index contributed by atoms with van der Waals surface area (Å²) in [6, 6.07) is 9.10. The Balaban J connectivity index is 1.53. The fourth-order valence-electron chi connectivity index (χ4n) is 4.46. The molecule has 1 saturated heterocycles. The maximum atomic E-state index is 2.70. The SMILES string of the molecule is CC1(CCN2CCCCC2)SCCC2=C1Cc1ccccc12. The van der Waals surface area contributed by atoms with E-state index < -0.39 is 0 Å². The van der Waals surface area contributed by atoms with E-state index in [9.17, 15) is 0 Å². The van der Waals surface area contributed by atoms with Crippen molar-refractivity contribution in [1.82, 2.24) is 4.90 Å². The van der Waals surface area contributed by atoms with Gasteiger partial charge in [0.15, 0.2) is 0 Å². The van der Waals surface area contributed by atoms with Gasteiger partial charge < -0.3 is 4.90 Å². The van der Waals surface area contributed by atoms with Gasteiger partial charge in [-0.3, -0.25) is 0 Å². The van der Waals surface area contributed by atoms with Crippen molar-refractivity contribution in [2.24, 2.45) is 0 Å².